The lowest BCUT2D eigenvalue weighted by Crippen LogP contribution is -2.03. The lowest BCUT2D eigenvalue weighted by molar-refractivity contribution is -0.385. The van der Waals surface area contributed by atoms with Gasteiger partial charge >= 0.3 is 11.7 Å². The molecule has 1 N–H and O–H groups in total. The number of nitrogens with zero attached hydrogens (tertiary/aromatic N) is 1. The van der Waals surface area contributed by atoms with Gasteiger partial charge in [-0.1, -0.05) is 23.8 Å². The van der Waals surface area contributed by atoms with Crippen LogP contribution in [0.25, 0.3) is 0 Å². The van der Waals surface area contributed by atoms with Crippen LogP contribution >= 0.6 is 0 Å². The second-order valence-electron chi connectivity index (χ2n) is 4.13. The summed E-state index contributed by atoms with van der Waals surface area (Å²) >= 11 is 0. The molecule has 6 nitrogen and oxygen atoms in total. The third kappa shape index (κ3) is 2.74. The third-order valence-corrected chi connectivity index (χ3v) is 2.66. The average molecular weight is 273 g/mol. The highest BCUT2D eigenvalue weighted by Gasteiger charge is 2.23. The topological polar surface area (TPSA) is 89.7 Å². The molecule has 0 radical (unpaired) electrons. The number of aryl methyl sites for hydroxylation is 1. The van der Waals surface area contributed by atoms with E-state index in [1.54, 1.807) is 24.3 Å². The minimum Gasteiger partial charge on any atom is -0.478 e. The number of aromatic carboxylic acids is 1. The Balaban J connectivity index is 2.50. The van der Waals surface area contributed by atoms with Gasteiger partial charge in [-0.2, -0.15) is 0 Å². The van der Waals surface area contributed by atoms with Crippen molar-refractivity contribution < 1.29 is 19.6 Å². The maximum atomic E-state index is 11.1. The number of ether oxygens (including phenoxy) is 1. The van der Waals surface area contributed by atoms with Crippen LogP contribution in [0.5, 0.6) is 11.5 Å². The van der Waals surface area contributed by atoms with Crippen molar-refractivity contribution in [3.63, 3.8) is 0 Å². The molecule has 0 unspecified atom stereocenters. The van der Waals surface area contributed by atoms with E-state index >= 15 is 0 Å². The lowest BCUT2D eigenvalue weighted by atomic mass is 10.1. The van der Waals surface area contributed by atoms with Crippen molar-refractivity contribution in [2.75, 3.05) is 0 Å². The summed E-state index contributed by atoms with van der Waals surface area (Å²) in [5.74, 6) is -1.21. The zero-order valence-corrected chi connectivity index (χ0v) is 10.6. The number of hydrogen-bond donors (Lipinski definition) is 1. The van der Waals surface area contributed by atoms with Crippen molar-refractivity contribution in [2.24, 2.45) is 0 Å². The van der Waals surface area contributed by atoms with Gasteiger partial charge in [-0.15, -0.1) is 0 Å². The number of benzene rings is 2. The van der Waals surface area contributed by atoms with Crippen molar-refractivity contribution in [2.45, 2.75) is 6.92 Å². The standard InChI is InChI=1S/C14H11NO5/c1-9-5-7-10(8-6-9)20-13-11(14(16)17)3-2-4-12(13)15(18)19/h2-8H,1H3,(H,16,17). The van der Waals surface area contributed by atoms with E-state index in [4.69, 9.17) is 9.84 Å². The van der Waals surface area contributed by atoms with Gasteiger partial charge in [-0.25, -0.2) is 4.79 Å². The van der Waals surface area contributed by atoms with Crippen LogP contribution in [0.2, 0.25) is 0 Å². The highest BCUT2D eigenvalue weighted by atomic mass is 16.6. The van der Waals surface area contributed by atoms with Crippen LogP contribution in [0.3, 0.4) is 0 Å². The summed E-state index contributed by atoms with van der Waals surface area (Å²) in [7, 11) is 0. The number of nitro benzene ring substituents is 1. The zero-order valence-electron chi connectivity index (χ0n) is 10.6. The Kier molecular flexibility index (Phi) is 3.65. The molecule has 0 spiro atoms. The van der Waals surface area contributed by atoms with Crippen LogP contribution in [0.15, 0.2) is 42.5 Å². The molecule has 0 amide bonds. The Bertz CT molecular complexity index is 632. The molecule has 0 aliphatic heterocycles. The van der Waals surface area contributed by atoms with Crippen LogP contribution < -0.4 is 4.74 Å². The van der Waals surface area contributed by atoms with Gasteiger partial charge in [0.25, 0.3) is 0 Å². The second-order valence-corrected chi connectivity index (χ2v) is 4.13. The molecule has 0 aromatic heterocycles. The maximum absolute atomic E-state index is 11.1. The van der Waals surface area contributed by atoms with Gasteiger partial charge < -0.3 is 9.84 Å². The van der Waals surface area contributed by atoms with E-state index in [1.165, 1.54) is 18.2 Å². The Morgan fingerprint density at radius 2 is 1.85 bits per heavy atom. The highest BCUT2D eigenvalue weighted by molar-refractivity contribution is 5.92. The summed E-state index contributed by atoms with van der Waals surface area (Å²) in [6, 6.07) is 10.6. The van der Waals surface area contributed by atoms with Gasteiger partial charge in [0.2, 0.25) is 5.75 Å². The molecule has 0 bridgehead atoms. The van der Waals surface area contributed by atoms with E-state index in [0.29, 0.717) is 5.75 Å². The number of nitro groups is 1. The molecule has 2 aromatic rings. The molecule has 0 fully saturated rings. The van der Waals surface area contributed by atoms with E-state index in [1.807, 2.05) is 6.92 Å². The predicted octanol–water partition coefficient (Wildman–Crippen LogP) is 3.39. The summed E-state index contributed by atoms with van der Waals surface area (Å²) in [4.78, 5) is 21.4. The smallest absolute Gasteiger partial charge is 0.339 e. The Hall–Kier alpha value is -2.89. The summed E-state index contributed by atoms with van der Waals surface area (Å²) in [5.41, 5.74) is 0.364. The van der Waals surface area contributed by atoms with Crippen LogP contribution in [-0.4, -0.2) is 16.0 Å². The monoisotopic (exact) mass is 273 g/mol. The van der Waals surface area contributed by atoms with Crippen molar-refractivity contribution in [1.29, 1.82) is 0 Å². The molecule has 0 saturated heterocycles. The van der Waals surface area contributed by atoms with E-state index in [9.17, 15) is 14.9 Å². The normalized spacial score (nSPS) is 10.1. The highest BCUT2D eigenvalue weighted by Crippen LogP contribution is 2.34. The first kappa shape index (κ1) is 13.5. The van der Waals surface area contributed by atoms with Crippen molar-refractivity contribution in [3.05, 3.63) is 63.7 Å². The molecule has 6 heteroatoms. The first-order valence-electron chi connectivity index (χ1n) is 5.74. The third-order valence-electron chi connectivity index (χ3n) is 2.66. The quantitative estimate of drug-likeness (QED) is 0.681. The number of para-hydroxylation sites is 1. The van der Waals surface area contributed by atoms with Crippen molar-refractivity contribution in [3.8, 4) is 11.5 Å². The van der Waals surface area contributed by atoms with Gasteiger partial charge in [0.05, 0.1) is 4.92 Å². The molecule has 0 heterocycles. The Morgan fingerprint density at radius 3 is 2.40 bits per heavy atom. The first-order chi connectivity index (χ1) is 9.49. The molecular weight excluding hydrogens is 262 g/mol. The molecule has 2 rings (SSSR count). The summed E-state index contributed by atoms with van der Waals surface area (Å²) in [6.07, 6.45) is 0. The van der Waals surface area contributed by atoms with Gasteiger partial charge in [-0.05, 0) is 25.1 Å². The molecule has 20 heavy (non-hydrogen) atoms. The largest absolute Gasteiger partial charge is 0.478 e. The second kappa shape index (κ2) is 5.40. The minimum absolute atomic E-state index is 0.250. The van der Waals surface area contributed by atoms with Crippen LogP contribution in [0.1, 0.15) is 15.9 Å². The SMILES string of the molecule is Cc1ccc(Oc2c(C(=O)O)cccc2[N+](=O)[O-])cc1. The van der Waals surface area contributed by atoms with Gasteiger partial charge in [-0.3, -0.25) is 10.1 Å². The lowest BCUT2D eigenvalue weighted by Gasteiger charge is -2.09. The molecule has 0 atom stereocenters. The van der Waals surface area contributed by atoms with Crippen LogP contribution in [0.4, 0.5) is 5.69 Å². The van der Waals surface area contributed by atoms with E-state index in [2.05, 4.69) is 0 Å². The van der Waals surface area contributed by atoms with Crippen LogP contribution in [0, 0.1) is 17.0 Å². The Labute approximate surface area is 114 Å². The van der Waals surface area contributed by atoms with Crippen molar-refractivity contribution >= 4 is 11.7 Å². The van der Waals surface area contributed by atoms with E-state index in [-0.39, 0.29) is 17.0 Å². The predicted molar refractivity (Wildman–Crippen MR) is 71.3 cm³/mol. The first-order valence-corrected chi connectivity index (χ1v) is 5.74. The number of carboxylic acids is 1. The number of carboxylic acid groups (broad SMARTS) is 1. The molecule has 2 aromatic carbocycles. The fourth-order valence-electron chi connectivity index (χ4n) is 1.67. The molecule has 102 valence electrons. The summed E-state index contributed by atoms with van der Waals surface area (Å²) in [6.45, 7) is 1.89. The maximum Gasteiger partial charge on any atom is 0.339 e. The molecular formula is C14H11NO5. The van der Waals surface area contributed by atoms with Crippen LogP contribution in [-0.2, 0) is 0 Å². The van der Waals surface area contributed by atoms with Crippen molar-refractivity contribution in [1.82, 2.24) is 0 Å². The van der Waals surface area contributed by atoms with E-state index in [0.717, 1.165) is 5.56 Å². The number of carbonyl (C=O) groups is 1. The van der Waals surface area contributed by atoms with E-state index < -0.39 is 10.9 Å². The molecule has 0 saturated carbocycles. The fourth-order valence-corrected chi connectivity index (χ4v) is 1.67. The minimum atomic E-state index is -1.28. The number of hydrogen-bond acceptors (Lipinski definition) is 4. The average Bonchev–Trinajstić information content (AvgIpc) is 2.41. The van der Waals surface area contributed by atoms with Gasteiger partial charge in [0.15, 0.2) is 0 Å². The molecule has 0 aliphatic carbocycles. The van der Waals surface area contributed by atoms with Gasteiger partial charge in [0, 0.05) is 6.07 Å². The zero-order chi connectivity index (χ0) is 14.7. The molecule has 0 aliphatic rings. The fraction of sp³-hybridized carbons (Fsp3) is 0.0714. The van der Waals surface area contributed by atoms with Gasteiger partial charge in [0.1, 0.15) is 11.3 Å². The summed E-state index contributed by atoms with van der Waals surface area (Å²) in [5, 5.41) is 20.1. The Morgan fingerprint density at radius 1 is 1.20 bits per heavy atom. The number of rotatable bonds is 4. The summed E-state index contributed by atoms with van der Waals surface area (Å²) < 4.78 is 5.40.